The zero-order valence-corrected chi connectivity index (χ0v) is 17.3. The number of aryl methyl sites for hydroxylation is 1. The van der Waals surface area contributed by atoms with Crippen LogP contribution < -0.4 is 10.9 Å². The van der Waals surface area contributed by atoms with Gasteiger partial charge in [-0.05, 0) is 30.2 Å². The molecule has 30 heavy (non-hydrogen) atoms. The van der Waals surface area contributed by atoms with Crippen molar-refractivity contribution >= 4 is 34.6 Å². The maximum absolute atomic E-state index is 12.9. The molecule has 0 aliphatic carbocycles. The van der Waals surface area contributed by atoms with E-state index in [2.05, 4.69) is 15.3 Å². The van der Waals surface area contributed by atoms with Crippen molar-refractivity contribution in [3.05, 3.63) is 63.4 Å². The quantitative estimate of drug-likeness (QED) is 0.621. The highest BCUT2D eigenvalue weighted by Gasteiger charge is 2.29. The second kappa shape index (κ2) is 7.46. The number of H-pyrrole nitrogens is 1. The molecule has 1 fully saturated rings. The molecule has 0 spiro atoms. The van der Waals surface area contributed by atoms with Crippen LogP contribution in [0, 0.1) is 5.92 Å². The molecule has 0 radical (unpaired) electrons. The number of aromatic nitrogens is 3. The monoisotopic (exact) mass is 426 g/mol. The van der Waals surface area contributed by atoms with Crippen LogP contribution in [0.5, 0.6) is 0 Å². The lowest BCUT2D eigenvalue weighted by molar-refractivity contribution is -0.116. The number of nitrogens with one attached hydrogen (secondary N) is 2. The highest BCUT2D eigenvalue weighted by Crippen LogP contribution is 2.30. The number of alkyl carbamates (subject to hydrolysis) is 1. The van der Waals surface area contributed by atoms with Crippen molar-refractivity contribution in [2.75, 3.05) is 0 Å². The molecule has 4 rings (SSSR count). The van der Waals surface area contributed by atoms with E-state index in [1.54, 1.807) is 24.5 Å². The minimum absolute atomic E-state index is 0.0177. The number of nitrogens with zero attached hydrogens (tertiary/aromatic N) is 2. The number of halogens is 1. The molecule has 1 aliphatic rings. The van der Waals surface area contributed by atoms with Crippen LogP contribution in [0.15, 0.2) is 47.2 Å². The van der Waals surface area contributed by atoms with Gasteiger partial charge in [0.25, 0.3) is 11.5 Å². The van der Waals surface area contributed by atoms with Crippen LogP contribution in [0.4, 0.5) is 4.79 Å². The predicted octanol–water partition coefficient (Wildman–Crippen LogP) is 3.47. The summed E-state index contributed by atoms with van der Waals surface area (Å²) in [6, 6.07) is 7.13. The summed E-state index contributed by atoms with van der Waals surface area (Å²) in [5, 5.41) is 2.59. The van der Waals surface area contributed by atoms with Gasteiger partial charge >= 0.3 is 6.09 Å². The molecule has 1 saturated heterocycles. The van der Waals surface area contributed by atoms with Gasteiger partial charge in [0.2, 0.25) is 0 Å². The first kappa shape index (κ1) is 19.9. The minimum atomic E-state index is -0.820. The van der Waals surface area contributed by atoms with E-state index in [-0.39, 0.29) is 17.2 Å². The Bertz CT molecular complexity index is 1270. The van der Waals surface area contributed by atoms with Gasteiger partial charge in [-0.2, -0.15) is 0 Å². The summed E-state index contributed by atoms with van der Waals surface area (Å²) in [7, 11) is 1.86. The second-order valence-electron chi connectivity index (χ2n) is 7.48. The summed E-state index contributed by atoms with van der Waals surface area (Å²) in [5.74, 6) is -1.15. The standard InChI is InChI=1S/C21H19ClN4O4/c1-10(2)13(8-17-20(28)25-21(29)30-17)12-4-5-15(24-19(12)27)11-6-14(22)18-16(7-11)23-9-26(18)3/h4-10,13H,1-3H3,(H,24,27)(H,25,28,29). The third-order valence-corrected chi connectivity index (χ3v) is 5.36. The number of rotatable bonds is 4. The number of benzene rings is 1. The molecule has 9 heteroatoms. The topological polar surface area (TPSA) is 106 Å². The van der Waals surface area contributed by atoms with Gasteiger partial charge in [-0.1, -0.05) is 31.5 Å². The minimum Gasteiger partial charge on any atom is -0.404 e. The molecule has 2 aromatic heterocycles. The zero-order valence-electron chi connectivity index (χ0n) is 16.5. The summed E-state index contributed by atoms with van der Waals surface area (Å²) < 4.78 is 6.72. The molecule has 3 aromatic rings. The Morgan fingerprint density at radius 2 is 1.97 bits per heavy atom. The predicted molar refractivity (Wildman–Crippen MR) is 112 cm³/mol. The van der Waals surface area contributed by atoms with Crippen LogP contribution in [0.25, 0.3) is 22.3 Å². The van der Waals surface area contributed by atoms with Gasteiger partial charge in [0.05, 0.1) is 22.4 Å². The van der Waals surface area contributed by atoms with Crippen molar-refractivity contribution in [1.29, 1.82) is 0 Å². The van der Waals surface area contributed by atoms with E-state index >= 15 is 0 Å². The molecule has 2 amide bonds. The van der Waals surface area contributed by atoms with Gasteiger partial charge in [0.1, 0.15) is 0 Å². The number of amides is 2. The van der Waals surface area contributed by atoms with Crippen LogP contribution in [0.2, 0.25) is 5.02 Å². The van der Waals surface area contributed by atoms with Crippen LogP contribution in [-0.2, 0) is 16.6 Å². The van der Waals surface area contributed by atoms with Crippen molar-refractivity contribution in [3.8, 4) is 11.3 Å². The molecule has 1 unspecified atom stereocenters. The number of aromatic amines is 1. The van der Waals surface area contributed by atoms with Crippen molar-refractivity contribution in [1.82, 2.24) is 19.9 Å². The Labute approximate surface area is 176 Å². The highest BCUT2D eigenvalue weighted by atomic mass is 35.5. The Hall–Kier alpha value is -3.39. The van der Waals surface area contributed by atoms with Crippen molar-refractivity contribution < 1.29 is 14.3 Å². The molecule has 1 atom stereocenters. The molecule has 0 saturated carbocycles. The number of pyridine rings is 1. The van der Waals surface area contributed by atoms with Crippen molar-refractivity contribution in [2.45, 2.75) is 19.8 Å². The lowest BCUT2D eigenvalue weighted by atomic mass is 9.88. The number of carbonyl (C=O) groups excluding carboxylic acids is 2. The number of carbonyl (C=O) groups is 2. The number of imidazole rings is 1. The first-order valence-corrected chi connectivity index (χ1v) is 9.71. The van der Waals surface area contributed by atoms with Gasteiger partial charge < -0.3 is 14.3 Å². The first-order chi connectivity index (χ1) is 14.2. The van der Waals surface area contributed by atoms with E-state index in [0.29, 0.717) is 16.3 Å². The smallest absolute Gasteiger partial charge is 0.404 e. The third-order valence-electron chi connectivity index (χ3n) is 5.07. The highest BCUT2D eigenvalue weighted by molar-refractivity contribution is 6.35. The van der Waals surface area contributed by atoms with Crippen LogP contribution in [0.1, 0.15) is 25.3 Å². The molecular formula is C21H19ClN4O4. The normalized spacial score (nSPS) is 16.4. The molecule has 3 heterocycles. The average molecular weight is 427 g/mol. The van der Waals surface area contributed by atoms with E-state index in [1.807, 2.05) is 31.5 Å². The Kier molecular flexibility index (Phi) is 4.95. The fourth-order valence-electron chi connectivity index (χ4n) is 3.55. The zero-order chi connectivity index (χ0) is 21.6. The molecule has 8 nitrogen and oxygen atoms in total. The number of allylic oxidation sites excluding steroid dienone is 1. The molecule has 1 aliphatic heterocycles. The lowest BCUT2D eigenvalue weighted by Crippen LogP contribution is -2.21. The molecule has 1 aromatic carbocycles. The van der Waals surface area contributed by atoms with Gasteiger partial charge in [0.15, 0.2) is 5.76 Å². The lowest BCUT2D eigenvalue weighted by Gasteiger charge is -2.17. The van der Waals surface area contributed by atoms with Crippen molar-refractivity contribution in [3.63, 3.8) is 0 Å². The van der Waals surface area contributed by atoms with E-state index in [0.717, 1.165) is 16.6 Å². The SMILES string of the molecule is CC(C)C(C=C1OC(=O)NC1=O)c1ccc(-c2cc(Cl)c3c(c2)ncn3C)[nH]c1=O. The summed E-state index contributed by atoms with van der Waals surface area (Å²) in [6.07, 6.45) is 2.37. The van der Waals surface area contributed by atoms with Crippen molar-refractivity contribution in [2.24, 2.45) is 13.0 Å². The molecule has 2 N–H and O–H groups in total. The number of hydrogen-bond donors (Lipinski definition) is 2. The molecule has 0 bridgehead atoms. The largest absolute Gasteiger partial charge is 0.419 e. The maximum Gasteiger partial charge on any atom is 0.419 e. The number of fused-ring (bicyclic) bond motifs is 1. The van der Waals surface area contributed by atoms with Crippen LogP contribution in [0.3, 0.4) is 0 Å². The van der Waals surface area contributed by atoms with E-state index in [1.165, 1.54) is 6.08 Å². The van der Waals surface area contributed by atoms with Crippen LogP contribution >= 0.6 is 11.6 Å². The summed E-state index contributed by atoms with van der Waals surface area (Å²) in [5.41, 5.74) is 3.03. The third kappa shape index (κ3) is 3.50. The maximum atomic E-state index is 12.9. The first-order valence-electron chi connectivity index (χ1n) is 9.33. The number of hydrogen-bond acceptors (Lipinski definition) is 5. The fourth-order valence-corrected chi connectivity index (χ4v) is 3.90. The summed E-state index contributed by atoms with van der Waals surface area (Å²) in [6.45, 7) is 3.83. The Balaban J connectivity index is 1.74. The number of imide groups is 1. The van der Waals surface area contributed by atoms with E-state index in [4.69, 9.17) is 16.3 Å². The van der Waals surface area contributed by atoms with Gasteiger partial charge in [-0.25, -0.2) is 9.78 Å². The molecule has 154 valence electrons. The van der Waals surface area contributed by atoms with Crippen LogP contribution in [-0.4, -0.2) is 26.5 Å². The van der Waals surface area contributed by atoms with Gasteiger partial charge in [-0.3, -0.25) is 14.9 Å². The number of ether oxygens (including phenoxy) is 1. The average Bonchev–Trinajstić information content (AvgIpc) is 3.21. The summed E-state index contributed by atoms with van der Waals surface area (Å²) in [4.78, 5) is 43.2. The second-order valence-corrected chi connectivity index (χ2v) is 7.89. The Morgan fingerprint density at radius 3 is 2.60 bits per heavy atom. The van der Waals surface area contributed by atoms with E-state index in [9.17, 15) is 14.4 Å². The van der Waals surface area contributed by atoms with E-state index < -0.39 is 17.9 Å². The molecular weight excluding hydrogens is 408 g/mol. The number of cyclic esters (lactones) is 1. The Morgan fingerprint density at radius 1 is 1.20 bits per heavy atom. The summed E-state index contributed by atoms with van der Waals surface area (Å²) >= 11 is 6.40. The van der Waals surface area contributed by atoms with Gasteiger partial charge in [-0.15, -0.1) is 0 Å². The van der Waals surface area contributed by atoms with Gasteiger partial charge in [0, 0.05) is 29.8 Å². The fraction of sp³-hybridized carbons (Fsp3) is 0.238.